The van der Waals surface area contributed by atoms with E-state index in [4.69, 9.17) is 0 Å². The second-order valence-corrected chi connectivity index (χ2v) is 6.96. The number of halogens is 1. The quantitative estimate of drug-likeness (QED) is 0.495. The summed E-state index contributed by atoms with van der Waals surface area (Å²) in [4.78, 5) is 23.3. The van der Waals surface area contributed by atoms with Crippen LogP contribution in [0.5, 0.6) is 0 Å². The number of amides is 1. The largest absolute Gasteiger partial charge is 0.273 e. The monoisotopic (exact) mass is 381 g/mol. The molecule has 0 aliphatic heterocycles. The molecule has 0 radical (unpaired) electrons. The SMILES string of the molecule is C/C(=N/NC(=O)c1ccc(C)c([N+](=O)[O-])c1)c1ccc(Br)s1. The van der Waals surface area contributed by atoms with Gasteiger partial charge in [-0.1, -0.05) is 6.07 Å². The Kier molecular flexibility index (Phi) is 5.04. The number of hydrazone groups is 1. The van der Waals surface area contributed by atoms with Gasteiger partial charge in [-0.05, 0) is 48.0 Å². The summed E-state index contributed by atoms with van der Waals surface area (Å²) in [5.41, 5.74) is 3.68. The fourth-order valence-corrected chi connectivity index (χ4v) is 3.04. The zero-order valence-corrected chi connectivity index (χ0v) is 14.2. The Bertz CT molecular complexity index is 770. The first-order chi connectivity index (χ1) is 10.4. The van der Waals surface area contributed by atoms with Crippen molar-refractivity contribution >= 4 is 44.6 Å². The Hall–Kier alpha value is -2.06. The molecule has 0 saturated heterocycles. The lowest BCUT2D eigenvalue weighted by molar-refractivity contribution is -0.385. The van der Waals surface area contributed by atoms with E-state index in [1.165, 1.54) is 23.5 Å². The van der Waals surface area contributed by atoms with Gasteiger partial charge in [0.1, 0.15) is 0 Å². The summed E-state index contributed by atoms with van der Waals surface area (Å²) >= 11 is 4.85. The second-order valence-electron chi connectivity index (χ2n) is 4.50. The minimum Gasteiger partial charge on any atom is -0.267 e. The molecule has 1 amide bonds. The molecule has 1 aromatic carbocycles. The molecule has 6 nitrogen and oxygen atoms in total. The van der Waals surface area contributed by atoms with Crippen LogP contribution < -0.4 is 5.43 Å². The standard InChI is InChI=1S/C14H12BrN3O3S/c1-8-3-4-10(7-11(8)18(20)21)14(19)17-16-9(2)12-5-6-13(15)22-12/h3-7H,1-2H3,(H,17,19)/b16-9-. The van der Waals surface area contributed by atoms with E-state index >= 15 is 0 Å². The summed E-state index contributed by atoms with van der Waals surface area (Å²) in [5, 5.41) is 14.9. The van der Waals surface area contributed by atoms with Crippen LogP contribution in [-0.2, 0) is 0 Å². The van der Waals surface area contributed by atoms with Crippen molar-refractivity contribution < 1.29 is 9.72 Å². The molecule has 1 N–H and O–H groups in total. The number of thiophene rings is 1. The van der Waals surface area contributed by atoms with Crippen molar-refractivity contribution in [2.75, 3.05) is 0 Å². The summed E-state index contributed by atoms with van der Waals surface area (Å²) in [6.45, 7) is 3.40. The molecule has 1 aromatic heterocycles. The fourth-order valence-electron chi connectivity index (χ4n) is 1.71. The molecule has 0 aliphatic carbocycles. The second kappa shape index (κ2) is 6.80. The maximum absolute atomic E-state index is 12.0. The number of nitro groups is 1. The van der Waals surface area contributed by atoms with Gasteiger partial charge in [-0.3, -0.25) is 14.9 Å². The lowest BCUT2D eigenvalue weighted by Gasteiger charge is -2.03. The maximum Gasteiger partial charge on any atom is 0.273 e. The zero-order valence-electron chi connectivity index (χ0n) is 11.8. The Balaban J connectivity index is 2.16. The van der Waals surface area contributed by atoms with Crippen molar-refractivity contribution in [3.63, 3.8) is 0 Å². The minimum atomic E-state index is -0.510. The first-order valence-electron chi connectivity index (χ1n) is 6.24. The average molecular weight is 382 g/mol. The highest BCUT2D eigenvalue weighted by atomic mass is 79.9. The van der Waals surface area contributed by atoms with Crippen molar-refractivity contribution in [3.8, 4) is 0 Å². The number of carbonyl (C=O) groups excluding carboxylic acids is 1. The normalized spacial score (nSPS) is 11.3. The number of nitrogens with one attached hydrogen (secondary N) is 1. The van der Waals surface area contributed by atoms with E-state index in [1.54, 1.807) is 19.9 Å². The van der Waals surface area contributed by atoms with Gasteiger partial charge in [-0.25, -0.2) is 5.43 Å². The summed E-state index contributed by atoms with van der Waals surface area (Å²) in [6.07, 6.45) is 0. The van der Waals surface area contributed by atoms with E-state index in [-0.39, 0.29) is 11.3 Å². The summed E-state index contributed by atoms with van der Waals surface area (Å²) < 4.78 is 0.970. The lowest BCUT2D eigenvalue weighted by atomic mass is 10.1. The smallest absolute Gasteiger partial charge is 0.267 e. The van der Waals surface area contributed by atoms with Crippen LogP contribution in [-0.4, -0.2) is 16.5 Å². The molecule has 0 atom stereocenters. The molecule has 1 heterocycles. The number of hydrogen-bond acceptors (Lipinski definition) is 5. The van der Waals surface area contributed by atoms with E-state index in [9.17, 15) is 14.9 Å². The first kappa shape index (κ1) is 16.3. The number of hydrogen-bond donors (Lipinski definition) is 1. The van der Waals surface area contributed by atoms with Gasteiger partial charge in [0.05, 0.1) is 19.3 Å². The molecule has 114 valence electrons. The Labute approximate surface area is 139 Å². The number of nitro benzene ring substituents is 1. The topological polar surface area (TPSA) is 84.6 Å². The van der Waals surface area contributed by atoms with Crippen LogP contribution in [0.2, 0.25) is 0 Å². The molecule has 2 rings (SSSR count). The molecule has 22 heavy (non-hydrogen) atoms. The molecule has 0 bridgehead atoms. The molecular formula is C14H12BrN3O3S. The van der Waals surface area contributed by atoms with E-state index in [1.807, 2.05) is 12.1 Å². The van der Waals surface area contributed by atoms with Crippen molar-refractivity contribution in [1.82, 2.24) is 5.43 Å². The first-order valence-corrected chi connectivity index (χ1v) is 7.85. The van der Waals surface area contributed by atoms with Gasteiger partial charge in [-0.2, -0.15) is 5.10 Å². The van der Waals surface area contributed by atoms with Crippen LogP contribution in [0, 0.1) is 17.0 Å². The third-order valence-electron chi connectivity index (χ3n) is 2.92. The van der Waals surface area contributed by atoms with Gasteiger partial charge in [0, 0.05) is 17.2 Å². The van der Waals surface area contributed by atoms with Gasteiger partial charge >= 0.3 is 0 Å². The van der Waals surface area contributed by atoms with Crippen LogP contribution >= 0.6 is 27.3 Å². The molecule has 0 saturated carbocycles. The van der Waals surface area contributed by atoms with Crippen LogP contribution in [0.1, 0.15) is 27.7 Å². The average Bonchev–Trinajstić information content (AvgIpc) is 2.91. The zero-order chi connectivity index (χ0) is 16.3. The van der Waals surface area contributed by atoms with Gasteiger partial charge in [-0.15, -0.1) is 11.3 Å². The predicted octanol–water partition coefficient (Wildman–Crippen LogP) is 3.88. The summed E-state index contributed by atoms with van der Waals surface area (Å²) in [6, 6.07) is 8.10. The molecule has 0 aliphatic rings. The molecular weight excluding hydrogens is 370 g/mol. The van der Waals surface area contributed by atoms with Crippen LogP contribution in [0.3, 0.4) is 0 Å². The fraction of sp³-hybridized carbons (Fsp3) is 0.143. The predicted molar refractivity (Wildman–Crippen MR) is 89.5 cm³/mol. The van der Waals surface area contributed by atoms with Gasteiger partial charge in [0.15, 0.2) is 0 Å². The van der Waals surface area contributed by atoms with E-state index in [0.717, 1.165) is 8.66 Å². The Morgan fingerprint density at radius 2 is 2.09 bits per heavy atom. The number of carbonyl (C=O) groups is 1. The molecule has 0 fully saturated rings. The van der Waals surface area contributed by atoms with Crippen LogP contribution in [0.25, 0.3) is 0 Å². The third-order valence-corrected chi connectivity index (χ3v) is 4.66. The van der Waals surface area contributed by atoms with Gasteiger partial charge < -0.3 is 0 Å². The number of rotatable bonds is 4. The highest BCUT2D eigenvalue weighted by molar-refractivity contribution is 9.11. The maximum atomic E-state index is 12.0. The van der Waals surface area contributed by atoms with Crippen LogP contribution in [0.15, 0.2) is 39.2 Å². The minimum absolute atomic E-state index is 0.0875. The Morgan fingerprint density at radius 3 is 2.68 bits per heavy atom. The van der Waals surface area contributed by atoms with E-state index in [2.05, 4.69) is 26.5 Å². The highest BCUT2D eigenvalue weighted by Crippen LogP contribution is 2.22. The summed E-state index contributed by atoms with van der Waals surface area (Å²) in [7, 11) is 0. The van der Waals surface area contributed by atoms with Gasteiger partial charge in [0.25, 0.3) is 11.6 Å². The van der Waals surface area contributed by atoms with E-state index in [0.29, 0.717) is 11.3 Å². The molecule has 2 aromatic rings. The number of aryl methyl sites for hydroxylation is 1. The van der Waals surface area contributed by atoms with Crippen molar-refractivity contribution in [2.24, 2.45) is 5.10 Å². The third kappa shape index (κ3) is 3.77. The highest BCUT2D eigenvalue weighted by Gasteiger charge is 2.14. The van der Waals surface area contributed by atoms with Gasteiger partial charge in [0.2, 0.25) is 0 Å². The van der Waals surface area contributed by atoms with Crippen molar-refractivity contribution in [1.29, 1.82) is 0 Å². The van der Waals surface area contributed by atoms with Crippen LogP contribution in [0.4, 0.5) is 5.69 Å². The van der Waals surface area contributed by atoms with Crippen molar-refractivity contribution in [2.45, 2.75) is 13.8 Å². The number of nitrogens with zero attached hydrogens (tertiary/aromatic N) is 2. The lowest BCUT2D eigenvalue weighted by Crippen LogP contribution is -2.19. The van der Waals surface area contributed by atoms with Crippen molar-refractivity contribution in [3.05, 3.63) is 60.2 Å². The molecule has 0 unspecified atom stereocenters. The Morgan fingerprint density at radius 1 is 1.36 bits per heavy atom. The summed E-state index contributed by atoms with van der Waals surface area (Å²) in [5.74, 6) is -0.488. The number of benzene rings is 1. The molecule has 8 heteroatoms. The van der Waals surface area contributed by atoms with E-state index < -0.39 is 10.8 Å². The molecule has 0 spiro atoms.